The first kappa shape index (κ1) is 13.6. The third-order valence-electron chi connectivity index (χ3n) is 2.96. The summed E-state index contributed by atoms with van der Waals surface area (Å²) >= 11 is 0. The van der Waals surface area contributed by atoms with E-state index in [4.69, 9.17) is 4.74 Å². The van der Waals surface area contributed by atoms with Gasteiger partial charge in [-0.15, -0.1) is 0 Å². The third kappa shape index (κ3) is 2.78. The molecule has 6 heteroatoms. The van der Waals surface area contributed by atoms with E-state index in [1.807, 2.05) is 31.9 Å². The van der Waals surface area contributed by atoms with Gasteiger partial charge in [0.2, 0.25) is 5.88 Å². The van der Waals surface area contributed by atoms with Crippen LogP contribution < -0.4 is 10.1 Å². The lowest BCUT2D eigenvalue weighted by Crippen LogP contribution is -2.07. The van der Waals surface area contributed by atoms with E-state index >= 15 is 0 Å². The lowest BCUT2D eigenvalue weighted by molar-refractivity contribution is 0.422. The monoisotopic (exact) mass is 263 g/mol. The van der Waals surface area contributed by atoms with Crippen molar-refractivity contribution >= 4 is 0 Å². The number of ether oxygens (including phenoxy) is 1. The van der Waals surface area contributed by atoms with Gasteiger partial charge in [0.15, 0.2) is 5.75 Å². The molecule has 0 spiro atoms. The lowest BCUT2D eigenvalue weighted by atomic mass is 10.2. The largest absolute Gasteiger partial charge is 0.436 e. The smallest absolute Gasteiger partial charge is 0.222 e. The highest BCUT2D eigenvalue weighted by Crippen LogP contribution is 2.27. The van der Waals surface area contributed by atoms with Gasteiger partial charge in [-0.3, -0.25) is 4.68 Å². The predicted molar refractivity (Wildman–Crippen MR) is 73.4 cm³/mol. The van der Waals surface area contributed by atoms with E-state index in [9.17, 15) is 0 Å². The highest BCUT2D eigenvalue weighted by Gasteiger charge is 2.15. The van der Waals surface area contributed by atoms with Crippen LogP contribution in [0.5, 0.6) is 11.6 Å². The van der Waals surface area contributed by atoms with Crippen LogP contribution in [0.4, 0.5) is 0 Å². The molecule has 0 aliphatic heterocycles. The highest BCUT2D eigenvalue weighted by atomic mass is 16.5. The van der Waals surface area contributed by atoms with Crippen LogP contribution in [0, 0.1) is 6.92 Å². The molecule has 2 rings (SSSR count). The van der Waals surface area contributed by atoms with Crippen molar-refractivity contribution in [1.82, 2.24) is 24.9 Å². The van der Waals surface area contributed by atoms with E-state index in [1.54, 1.807) is 10.9 Å². The van der Waals surface area contributed by atoms with E-state index in [0.717, 1.165) is 29.4 Å². The second kappa shape index (κ2) is 5.44. The van der Waals surface area contributed by atoms with Gasteiger partial charge in [-0.25, -0.2) is 4.68 Å². The lowest BCUT2D eigenvalue weighted by Gasteiger charge is -2.07. The molecular formula is C13H21N5O. The summed E-state index contributed by atoms with van der Waals surface area (Å²) in [6.45, 7) is 6.87. The normalized spacial score (nSPS) is 11.3. The standard InChI is InChI=1S/C13H21N5O/c1-9(2)18-8-11(6-15-18)19-13-12(7-14-4)10(3)16-17(13)5/h6,8-9,14H,7H2,1-5H3. The quantitative estimate of drug-likeness (QED) is 0.896. The van der Waals surface area contributed by atoms with Crippen LogP contribution in [0.25, 0.3) is 0 Å². The minimum atomic E-state index is 0.322. The molecule has 0 amide bonds. The summed E-state index contributed by atoms with van der Waals surface area (Å²) in [4.78, 5) is 0. The predicted octanol–water partition coefficient (Wildman–Crippen LogP) is 2.02. The van der Waals surface area contributed by atoms with Crippen molar-refractivity contribution in [1.29, 1.82) is 0 Å². The minimum Gasteiger partial charge on any atom is -0.436 e. The van der Waals surface area contributed by atoms with Gasteiger partial charge in [0.05, 0.1) is 23.7 Å². The van der Waals surface area contributed by atoms with Crippen molar-refractivity contribution in [3.05, 3.63) is 23.7 Å². The third-order valence-corrected chi connectivity index (χ3v) is 2.96. The van der Waals surface area contributed by atoms with Gasteiger partial charge in [0, 0.05) is 19.6 Å². The van der Waals surface area contributed by atoms with Crippen LogP contribution >= 0.6 is 0 Å². The van der Waals surface area contributed by atoms with E-state index in [2.05, 4.69) is 29.4 Å². The maximum Gasteiger partial charge on any atom is 0.222 e. The summed E-state index contributed by atoms with van der Waals surface area (Å²) in [5.74, 6) is 1.49. The molecule has 0 aliphatic carbocycles. The molecule has 0 atom stereocenters. The maximum atomic E-state index is 5.92. The Morgan fingerprint density at radius 3 is 2.74 bits per heavy atom. The van der Waals surface area contributed by atoms with Crippen molar-refractivity contribution in [2.75, 3.05) is 7.05 Å². The van der Waals surface area contributed by atoms with Crippen LogP contribution in [-0.4, -0.2) is 26.6 Å². The topological polar surface area (TPSA) is 56.9 Å². The Hall–Kier alpha value is -1.82. The summed E-state index contributed by atoms with van der Waals surface area (Å²) < 4.78 is 9.55. The van der Waals surface area contributed by atoms with Crippen LogP contribution in [0.1, 0.15) is 31.1 Å². The minimum absolute atomic E-state index is 0.322. The van der Waals surface area contributed by atoms with Gasteiger partial charge in [-0.1, -0.05) is 0 Å². The molecule has 19 heavy (non-hydrogen) atoms. The van der Waals surface area contributed by atoms with Crippen LogP contribution in [0.2, 0.25) is 0 Å². The Morgan fingerprint density at radius 1 is 1.42 bits per heavy atom. The Bertz CT molecular complexity index is 555. The van der Waals surface area contributed by atoms with Crippen molar-refractivity contribution in [3.63, 3.8) is 0 Å². The zero-order chi connectivity index (χ0) is 14.0. The van der Waals surface area contributed by atoms with E-state index in [0.29, 0.717) is 6.04 Å². The first-order chi connectivity index (χ1) is 9.02. The number of aryl methyl sites for hydroxylation is 2. The molecule has 0 saturated carbocycles. The maximum absolute atomic E-state index is 5.92. The SMILES string of the molecule is CNCc1c(C)nn(C)c1Oc1cnn(C(C)C)c1. The molecule has 0 saturated heterocycles. The molecular weight excluding hydrogens is 242 g/mol. The molecule has 0 bridgehead atoms. The number of hydrogen-bond acceptors (Lipinski definition) is 4. The summed E-state index contributed by atoms with van der Waals surface area (Å²) in [5.41, 5.74) is 2.05. The highest BCUT2D eigenvalue weighted by molar-refractivity contribution is 5.34. The number of nitrogens with zero attached hydrogens (tertiary/aromatic N) is 4. The van der Waals surface area contributed by atoms with Gasteiger partial charge in [-0.2, -0.15) is 10.2 Å². The number of nitrogens with one attached hydrogen (secondary N) is 1. The van der Waals surface area contributed by atoms with Crippen LogP contribution in [-0.2, 0) is 13.6 Å². The Morgan fingerprint density at radius 2 is 2.16 bits per heavy atom. The Labute approximate surface area is 113 Å². The van der Waals surface area contributed by atoms with E-state index in [1.165, 1.54) is 0 Å². The summed E-state index contributed by atoms with van der Waals surface area (Å²) in [7, 11) is 3.79. The molecule has 0 aliphatic rings. The van der Waals surface area contributed by atoms with Gasteiger partial charge in [-0.05, 0) is 27.8 Å². The van der Waals surface area contributed by atoms with Crippen molar-refractivity contribution in [2.45, 2.75) is 33.4 Å². The molecule has 0 radical (unpaired) electrons. The van der Waals surface area contributed by atoms with Crippen molar-refractivity contribution in [3.8, 4) is 11.6 Å². The fourth-order valence-corrected chi connectivity index (χ4v) is 1.96. The van der Waals surface area contributed by atoms with Gasteiger partial charge >= 0.3 is 0 Å². The van der Waals surface area contributed by atoms with Crippen molar-refractivity contribution in [2.24, 2.45) is 7.05 Å². The summed E-state index contributed by atoms with van der Waals surface area (Å²) in [6, 6.07) is 0.322. The molecule has 0 unspecified atom stereocenters. The first-order valence-corrected chi connectivity index (χ1v) is 6.42. The Balaban J connectivity index is 2.26. The average Bonchev–Trinajstić information content (AvgIpc) is 2.90. The fourth-order valence-electron chi connectivity index (χ4n) is 1.96. The van der Waals surface area contributed by atoms with Gasteiger partial charge in [0.25, 0.3) is 0 Å². The van der Waals surface area contributed by atoms with E-state index < -0.39 is 0 Å². The number of aromatic nitrogens is 4. The molecule has 0 fully saturated rings. The van der Waals surface area contributed by atoms with E-state index in [-0.39, 0.29) is 0 Å². The summed E-state index contributed by atoms with van der Waals surface area (Å²) in [5, 5.41) is 11.8. The van der Waals surface area contributed by atoms with Crippen molar-refractivity contribution < 1.29 is 4.74 Å². The number of rotatable bonds is 5. The molecule has 2 heterocycles. The average molecular weight is 263 g/mol. The number of hydrogen-bond donors (Lipinski definition) is 1. The second-order valence-corrected chi connectivity index (χ2v) is 4.87. The zero-order valence-corrected chi connectivity index (χ0v) is 12.1. The van der Waals surface area contributed by atoms with Gasteiger partial charge < -0.3 is 10.1 Å². The molecule has 2 aromatic heterocycles. The molecule has 0 aromatic carbocycles. The van der Waals surface area contributed by atoms with Crippen LogP contribution in [0.3, 0.4) is 0 Å². The molecule has 104 valence electrons. The van der Waals surface area contributed by atoms with Gasteiger partial charge in [0.1, 0.15) is 0 Å². The fraction of sp³-hybridized carbons (Fsp3) is 0.538. The molecule has 6 nitrogen and oxygen atoms in total. The first-order valence-electron chi connectivity index (χ1n) is 6.42. The Kier molecular flexibility index (Phi) is 3.90. The van der Waals surface area contributed by atoms with Crippen LogP contribution in [0.15, 0.2) is 12.4 Å². The molecule has 2 aromatic rings. The summed E-state index contributed by atoms with van der Waals surface area (Å²) in [6.07, 6.45) is 3.63. The second-order valence-electron chi connectivity index (χ2n) is 4.87. The zero-order valence-electron chi connectivity index (χ0n) is 12.1. The molecule has 1 N–H and O–H groups in total.